The van der Waals surface area contributed by atoms with Crippen LogP contribution >= 0.6 is 0 Å². The molecular weight excluding hydrogens is 283 g/mol. The number of rotatable bonds is 6. The minimum atomic E-state index is -4.56. The first-order chi connectivity index (χ1) is 9.71. The van der Waals surface area contributed by atoms with Crippen molar-refractivity contribution in [2.45, 2.75) is 19.0 Å². The summed E-state index contributed by atoms with van der Waals surface area (Å²) in [5.74, 6) is -0.523. The number of carbonyl (C=O) groups is 1. The molecule has 1 aromatic rings. The van der Waals surface area contributed by atoms with Crippen molar-refractivity contribution in [1.29, 1.82) is 0 Å². The van der Waals surface area contributed by atoms with E-state index in [0.717, 1.165) is 31.5 Å². The fourth-order valence-electron chi connectivity index (χ4n) is 1.80. The summed E-state index contributed by atoms with van der Waals surface area (Å²) in [5, 5.41) is 2.61. The highest BCUT2D eigenvalue weighted by Gasteiger charge is 2.33. The highest BCUT2D eigenvalue weighted by molar-refractivity contribution is 5.94. The van der Waals surface area contributed by atoms with E-state index in [1.807, 2.05) is 19.0 Å². The summed E-state index contributed by atoms with van der Waals surface area (Å²) in [7, 11) is 3.90. The molecule has 0 radical (unpaired) electrons. The van der Waals surface area contributed by atoms with Crippen molar-refractivity contribution >= 4 is 11.6 Å². The maximum atomic E-state index is 12.7. The van der Waals surface area contributed by atoms with Gasteiger partial charge in [0.1, 0.15) is 0 Å². The number of alkyl halides is 3. The van der Waals surface area contributed by atoms with E-state index in [4.69, 9.17) is 5.73 Å². The van der Waals surface area contributed by atoms with Crippen molar-refractivity contribution in [2.75, 3.05) is 32.9 Å². The van der Waals surface area contributed by atoms with Gasteiger partial charge in [0.15, 0.2) is 0 Å². The van der Waals surface area contributed by atoms with Gasteiger partial charge in [-0.1, -0.05) is 0 Å². The van der Waals surface area contributed by atoms with Crippen LogP contribution in [0.15, 0.2) is 18.2 Å². The first kappa shape index (κ1) is 17.3. The van der Waals surface area contributed by atoms with E-state index in [1.165, 1.54) is 6.07 Å². The van der Waals surface area contributed by atoms with E-state index in [2.05, 4.69) is 5.32 Å². The molecule has 118 valence electrons. The summed E-state index contributed by atoms with van der Waals surface area (Å²) < 4.78 is 38.1. The van der Waals surface area contributed by atoms with Crippen molar-refractivity contribution in [3.05, 3.63) is 29.3 Å². The Labute approximate surface area is 122 Å². The number of nitrogens with two attached hydrogens (primary N) is 1. The molecule has 0 aliphatic heterocycles. The minimum Gasteiger partial charge on any atom is -0.398 e. The molecule has 1 rings (SSSR count). The van der Waals surface area contributed by atoms with Crippen LogP contribution in [-0.4, -0.2) is 38.0 Å². The highest BCUT2D eigenvalue weighted by Crippen LogP contribution is 2.33. The Bertz CT molecular complexity index is 487. The number of carbonyl (C=O) groups excluding carboxylic acids is 1. The maximum absolute atomic E-state index is 12.7. The zero-order valence-corrected chi connectivity index (χ0v) is 12.1. The molecule has 0 fully saturated rings. The molecule has 1 amide bonds. The summed E-state index contributed by atoms with van der Waals surface area (Å²) >= 11 is 0. The Morgan fingerprint density at radius 2 is 1.95 bits per heavy atom. The summed E-state index contributed by atoms with van der Waals surface area (Å²) in [6.45, 7) is 1.33. The number of amides is 1. The second-order valence-electron chi connectivity index (χ2n) is 5.07. The third-order valence-corrected chi connectivity index (χ3v) is 2.94. The van der Waals surface area contributed by atoms with Crippen LogP contribution in [0.1, 0.15) is 28.8 Å². The van der Waals surface area contributed by atoms with Crippen molar-refractivity contribution in [1.82, 2.24) is 10.2 Å². The van der Waals surface area contributed by atoms with Gasteiger partial charge in [-0.3, -0.25) is 4.79 Å². The number of anilines is 1. The van der Waals surface area contributed by atoms with Crippen LogP contribution in [0.2, 0.25) is 0 Å². The van der Waals surface area contributed by atoms with Crippen LogP contribution in [0, 0.1) is 0 Å². The fraction of sp³-hybridized carbons (Fsp3) is 0.500. The van der Waals surface area contributed by atoms with Gasteiger partial charge in [-0.15, -0.1) is 0 Å². The number of hydrogen-bond donors (Lipinski definition) is 2. The van der Waals surface area contributed by atoms with Gasteiger partial charge in [-0.05, 0) is 51.7 Å². The number of benzene rings is 1. The lowest BCUT2D eigenvalue weighted by molar-refractivity contribution is -0.136. The van der Waals surface area contributed by atoms with Gasteiger partial charge in [-0.25, -0.2) is 0 Å². The van der Waals surface area contributed by atoms with E-state index in [1.54, 1.807) is 0 Å². The number of hydrogen-bond acceptors (Lipinski definition) is 3. The molecule has 0 aliphatic carbocycles. The first-order valence-electron chi connectivity index (χ1n) is 6.61. The largest absolute Gasteiger partial charge is 0.418 e. The van der Waals surface area contributed by atoms with E-state index in [9.17, 15) is 18.0 Å². The van der Waals surface area contributed by atoms with Crippen LogP contribution in [0.5, 0.6) is 0 Å². The lowest BCUT2D eigenvalue weighted by Gasteiger charge is -2.12. The summed E-state index contributed by atoms with van der Waals surface area (Å²) in [4.78, 5) is 13.8. The van der Waals surface area contributed by atoms with Crippen molar-refractivity contribution in [3.63, 3.8) is 0 Å². The van der Waals surface area contributed by atoms with Gasteiger partial charge < -0.3 is 16.0 Å². The molecule has 21 heavy (non-hydrogen) atoms. The van der Waals surface area contributed by atoms with Crippen LogP contribution in [0.4, 0.5) is 18.9 Å². The number of nitrogen functional groups attached to an aromatic ring is 1. The van der Waals surface area contributed by atoms with Gasteiger partial charge >= 0.3 is 6.18 Å². The zero-order valence-electron chi connectivity index (χ0n) is 12.1. The molecule has 0 aliphatic rings. The quantitative estimate of drug-likeness (QED) is 0.626. The standard InChI is InChI=1S/C14H20F3N3O/c1-20(2)8-4-3-7-19-13(21)10-5-6-12(18)11(9-10)14(15,16)17/h5-6,9H,3-4,7-8,18H2,1-2H3,(H,19,21). The molecule has 0 unspecified atom stereocenters. The SMILES string of the molecule is CN(C)CCCCNC(=O)c1ccc(N)c(C(F)(F)F)c1. The molecule has 7 heteroatoms. The van der Waals surface area contributed by atoms with Gasteiger partial charge in [0.25, 0.3) is 5.91 Å². The first-order valence-corrected chi connectivity index (χ1v) is 6.61. The van der Waals surface area contributed by atoms with E-state index in [0.29, 0.717) is 6.54 Å². The Morgan fingerprint density at radius 1 is 1.29 bits per heavy atom. The zero-order chi connectivity index (χ0) is 16.0. The van der Waals surface area contributed by atoms with E-state index >= 15 is 0 Å². The molecule has 0 atom stereocenters. The molecule has 0 saturated carbocycles. The lowest BCUT2D eigenvalue weighted by atomic mass is 10.1. The normalized spacial score (nSPS) is 11.7. The number of nitrogens with zero attached hydrogens (tertiary/aromatic N) is 1. The summed E-state index contributed by atoms with van der Waals surface area (Å²) in [6.07, 6.45) is -2.89. The average molecular weight is 303 g/mol. The monoisotopic (exact) mass is 303 g/mol. The van der Waals surface area contributed by atoms with Crippen LogP contribution in [0.3, 0.4) is 0 Å². The van der Waals surface area contributed by atoms with Gasteiger partial charge in [0, 0.05) is 17.8 Å². The Morgan fingerprint density at radius 3 is 2.52 bits per heavy atom. The summed E-state index contributed by atoms with van der Waals surface area (Å²) in [5.41, 5.74) is 3.88. The average Bonchev–Trinajstić information content (AvgIpc) is 2.36. The molecule has 1 aromatic carbocycles. The Balaban J connectivity index is 2.59. The van der Waals surface area contributed by atoms with Crippen LogP contribution in [-0.2, 0) is 6.18 Å². The number of nitrogens with one attached hydrogen (secondary N) is 1. The van der Waals surface area contributed by atoms with Crippen LogP contribution in [0.25, 0.3) is 0 Å². The van der Waals surface area contributed by atoms with Gasteiger partial charge in [0.05, 0.1) is 5.56 Å². The smallest absolute Gasteiger partial charge is 0.398 e. The van der Waals surface area contributed by atoms with Crippen molar-refractivity contribution in [2.24, 2.45) is 0 Å². The molecule has 3 N–H and O–H groups in total. The predicted octanol–water partition coefficient (Wildman–Crippen LogP) is 2.36. The second-order valence-corrected chi connectivity index (χ2v) is 5.07. The van der Waals surface area contributed by atoms with Gasteiger partial charge in [-0.2, -0.15) is 13.2 Å². The van der Waals surface area contributed by atoms with E-state index in [-0.39, 0.29) is 11.3 Å². The third-order valence-electron chi connectivity index (χ3n) is 2.94. The molecule has 0 bridgehead atoms. The summed E-state index contributed by atoms with van der Waals surface area (Å²) in [6, 6.07) is 3.17. The Kier molecular flexibility index (Phi) is 6.02. The maximum Gasteiger partial charge on any atom is 0.418 e. The molecular formula is C14H20F3N3O. The highest BCUT2D eigenvalue weighted by atomic mass is 19.4. The molecule has 0 spiro atoms. The molecule has 0 heterocycles. The molecule has 0 aromatic heterocycles. The minimum absolute atomic E-state index is 0.0378. The number of unbranched alkanes of at least 4 members (excludes halogenated alkanes) is 1. The second kappa shape index (κ2) is 7.31. The third kappa shape index (κ3) is 5.63. The van der Waals surface area contributed by atoms with Crippen LogP contribution < -0.4 is 11.1 Å². The van der Waals surface area contributed by atoms with Gasteiger partial charge in [0.2, 0.25) is 0 Å². The fourth-order valence-corrected chi connectivity index (χ4v) is 1.80. The number of halogens is 3. The molecule has 4 nitrogen and oxygen atoms in total. The van der Waals surface area contributed by atoms with E-state index < -0.39 is 17.6 Å². The topological polar surface area (TPSA) is 58.4 Å². The van der Waals surface area contributed by atoms with Crippen molar-refractivity contribution < 1.29 is 18.0 Å². The Hall–Kier alpha value is -1.76. The molecule has 0 saturated heterocycles. The lowest BCUT2D eigenvalue weighted by Crippen LogP contribution is -2.25. The van der Waals surface area contributed by atoms with Crippen molar-refractivity contribution in [3.8, 4) is 0 Å². The predicted molar refractivity (Wildman–Crippen MR) is 76.0 cm³/mol.